The van der Waals surface area contributed by atoms with Gasteiger partial charge in [-0.15, -0.1) is 0 Å². The van der Waals surface area contributed by atoms with Gasteiger partial charge in [-0.1, -0.05) is 12.8 Å². The predicted molar refractivity (Wildman–Crippen MR) is 88.0 cm³/mol. The number of carbonyl (C=O) groups is 1. The fourth-order valence-electron chi connectivity index (χ4n) is 2.41. The molecule has 5 heteroatoms. The van der Waals surface area contributed by atoms with Crippen molar-refractivity contribution < 1.29 is 9.21 Å². The van der Waals surface area contributed by atoms with E-state index in [0.29, 0.717) is 24.2 Å². The molecule has 0 fully saturated rings. The molecule has 0 aliphatic carbocycles. The molecular formula is C17H22N2O3. The standard InChI is InChI=1S/C17H22N2O3/c1-12-10-17(21)22-15-11-13(7-8-14(12)15)19-16(20)6-4-2-3-5-9-18/h7-8,10-11H,2-6,9,18H2,1H3,(H,19,20). The second kappa shape index (κ2) is 7.75. The maximum Gasteiger partial charge on any atom is 0.336 e. The Morgan fingerprint density at radius 2 is 1.95 bits per heavy atom. The van der Waals surface area contributed by atoms with Crippen molar-refractivity contribution in [2.75, 3.05) is 11.9 Å². The molecule has 2 rings (SSSR count). The van der Waals surface area contributed by atoms with Crippen LogP contribution in [0.3, 0.4) is 0 Å². The van der Waals surface area contributed by atoms with E-state index in [2.05, 4.69) is 5.32 Å². The molecule has 1 amide bonds. The molecule has 3 N–H and O–H groups in total. The first-order chi connectivity index (χ1) is 10.6. The smallest absolute Gasteiger partial charge is 0.336 e. The second-order valence-electron chi connectivity index (χ2n) is 5.46. The molecule has 0 bridgehead atoms. The van der Waals surface area contributed by atoms with Crippen LogP contribution in [0.2, 0.25) is 0 Å². The lowest BCUT2D eigenvalue weighted by Crippen LogP contribution is -2.11. The molecule has 1 aromatic carbocycles. The molecular weight excluding hydrogens is 280 g/mol. The van der Waals surface area contributed by atoms with E-state index in [4.69, 9.17) is 10.2 Å². The van der Waals surface area contributed by atoms with Gasteiger partial charge in [0.2, 0.25) is 5.91 Å². The fraction of sp³-hybridized carbons (Fsp3) is 0.412. The number of fused-ring (bicyclic) bond motifs is 1. The summed E-state index contributed by atoms with van der Waals surface area (Å²) in [6.07, 6.45) is 4.42. The lowest BCUT2D eigenvalue weighted by atomic mass is 10.1. The van der Waals surface area contributed by atoms with Gasteiger partial charge in [-0.25, -0.2) is 4.79 Å². The summed E-state index contributed by atoms with van der Waals surface area (Å²) in [6.45, 7) is 2.56. The highest BCUT2D eigenvalue weighted by atomic mass is 16.4. The molecule has 1 heterocycles. The van der Waals surface area contributed by atoms with Gasteiger partial charge in [0.1, 0.15) is 5.58 Å². The largest absolute Gasteiger partial charge is 0.423 e. The minimum atomic E-state index is -0.381. The number of hydrogen-bond acceptors (Lipinski definition) is 4. The molecule has 5 nitrogen and oxygen atoms in total. The summed E-state index contributed by atoms with van der Waals surface area (Å²) in [4.78, 5) is 23.3. The Balaban J connectivity index is 1.97. The molecule has 118 valence electrons. The maximum atomic E-state index is 11.9. The van der Waals surface area contributed by atoms with Gasteiger partial charge in [0.25, 0.3) is 0 Å². The molecule has 0 saturated heterocycles. The number of anilines is 1. The Kier molecular flexibility index (Phi) is 5.72. The quantitative estimate of drug-likeness (QED) is 0.608. The zero-order chi connectivity index (χ0) is 15.9. The van der Waals surface area contributed by atoms with Gasteiger partial charge in [0.15, 0.2) is 0 Å². The first-order valence-corrected chi connectivity index (χ1v) is 7.64. The molecule has 0 aliphatic rings. The van der Waals surface area contributed by atoms with E-state index in [0.717, 1.165) is 36.6 Å². The van der Waals surface area contributed by atoms with Crippen LogP contribution >= 0.6 is 0 Å². The lowest BCUT2D eigenvalue weighted by molar-refractivity contribution is -0.116. The van der Waals surface area contributed by atoms with Gasteiger partial charge in [0, 0.05) is 29.6 Å². The Morgan fingerprint density at radius 1 is 1.18 bits per heavy atom. The Labute approximate surface area is 129 Å². The van der Waals surface area contributed by atoms with Crippen LogP contribution in [0.1, 0.15) is 37.7 Å². The van der Waals surface area contributed by atoms with Crippen LogP contribution < -0.4 is 16.7 Å². The minimum absolute atomic E-state index is 0.0258. The number of rotatable bonds is 7. The van der Waals surface area contributed by atoms with Crippen molar-refractivity contribution in [3.8, 4) is 0 Å². The van der Waals surface area contributed by atoms with Gasteiger partial charge in [-0.05, 0) is 44.0 Å². The lowest BCUT2D eigenvalue weighted by Gasteiger charge is -2.07. The number of nitrogens with two attached hydrogens (primary N) is 1. The number of hydrogen-bond donors (Lipinski definition) is 2. The van der Waals surface area contributed by atoms with E-state index in [-0.39, 0.29) is 11.5 Å². The molecule has 0 radical (unpaired) electrons. The van der Waals surface area contributed by atoms with E-state index >= 15 is 0 Å². The molecule has 22 heavy (non-hydrogen) atoms. The molecule has 0 saturated carbocycles. The average molecular weight is 302 g/mol. The summed E-state index contributed by atoms with van der Waals surface area (Å²) >= 11 is 0. The van der Waals surface area contributed by atoms with Crippen LogP contribution in [0, 0.1) is 6.92 Å². The van der Waals surface area contributed by atoms with Crippen LogP contribution in [0.5, 0.6) is 0 Å². The monoisotopic (exact) mass is 302 g/mol. The summed E-state index contributed by atoms with van der Waals surface area (Å²) in [5.74, 6) is -0.0258. The first kappa shape index (κ1) is 16.2. The van der Waals surface area contributed by atoms with E-state index in [1.807, 2.05) is 19.1 Å². The summed E-state index contributed by atoms with van der Waals surface area (Å²) in [5, 5.41) is 3.71. The normalized spacial score (nSPS) is 10.8. The maximum absolute atomic E-state index is 11.9. The van der Waals surface area contributed by atoms with Crippen LogP contribution in [0.15, 0.2) is 33.5 Å². The summed E-state index contributed by atoms with van der Waals surface area (Å²) in [6, 6.07) is 6.82. The fourth-order valence-corrected chi connectivity index (χ4v) is 2.41. The predicted octanol–water partition coefficient (Wildman–Crippen LogP) is 2.95. The Morgan fingerprint density at radius 3 is 2.73 bits per heavy atom. The topological polar surface area (TPSA) is 85.3 Å². The third-order valence-electron chi connectivity index (χ3n) is 3.59. The van der Waals surface area contributed by atoms with E-state index in [9.17, 15) is 9.59 Å². The first-order valence-electron chi connectivity index (χ1n) is 7.64. The Bertz CT molecular complexity index is 707. The number of unbranched alkanes of at least 4 members (excludes halogenated alkanes) is 3. The number of benzene rings is 1. The number of carbonyl (C=O) groups excluding carboxylic acids is 1. The van der Waals surface area contributed by atoms with E-state index < -0.39 is 0 Å². The van der Waals surface area contributed by atoms with Crippen molar-refractivity contribution in [1.29, 1.82) is 0 Å². The molecule has 0 spiro atoms. The zero-order valence-electron chi connectivity index (χ0n) is 12.9. The highest BCUT2D eigenvalue weighted by molar-refractivity contribution is 5.93. The Hall–Kier alpha value is -2.14. The van der Waals surface area contributed by atoms with Gasteiger partial charge >= 0.3 is 5.63 Å². The summed E-state index contributed by atoms with van der Waals surface area (Å²) < 4.78 is 5.17. The van der Waals surface area contributed by atoms with E-state index in [1.165, 1.54) is 6.07 Å². The van der Waals surface area contributed by atoms with Crippen molar-refractivity contribution in [3.63, 3.8) is 0 Å². The summed E-state index contributed by atoms with van der Waals surface area (Å²) in [7, 11) is 0. The van der Waals surface area contributed by atoms with Crippen molar-refractivity contribution in [2.45, 2.75) is 39.0 Å². The highest BCUT2D eigenvalue weighted by Gasteiger charge is 2.06. The molecule has 0 unspecified atom stereocenters. The number of amides is 1. The summed E-state index contributed by atoms with van der Waals surface area (Å²) in [5.41, 5.74) is 7.05. The SMILES string of the molecule is Cc1cc(=O)oc2cc(NC(=O)CCCCCCN)ccc12. The highest BCUT2D eigenvalue weighted by Crippen LogP contribution is 2.21. The van der Waals surface area contributed by atoms with Gasteiger partial charge in [-0.3, -0.25) is 4.79 Å². The number of nitrogens with one attached hydrogen (secondary N) is 1. The van der Waals surface area contributed by atoms with Gasteiger partial charge < -0.3 is 15.5 Å². The average Bonchev–Trinajstić information content (AvgIpc) is 2.46. The third kappa shape index (κ3) is 4.43. The van der Waals surface area contributed by atoms with Crippen LogP contribution in [0.25, 0.3) is 11.0 Å². The van der Waals surface area contributed by atoms with Crippen molar-refractivity contribution in [3.05, 3.63) is 40.2 Å². The van der Waals surface area contributed by atoms with Crippen molar-refractivity contribution >= 4 is 22.6 Å². The van der Waals surface area contributed by atoms with Crippen molar-refractivity contribution in [1.82, 2.24) is 0 Å². The van der Waals surface area contributed by atoms with Crippen LogP contribution in [-0.4, -0.2) is 12.5 Å². The molecule has 0 atom stereocenters. The van der Waals surface area contributed by atoms with Gasteiger partial charge in [0.05, 0.1) is 0 Å². The number of aryl methyl sites for hydroxylation is 1. The third-order valence-corrected chi connectivity index (χ3v) is 3.59. The molecule has 2 aromatic rings. The molecule has 0 aliphatic heterocycles. The van der Waals surface area contributed by atoms with Crippen LogP contribution in [-0.2, 0) is 4.79 Å². The second-order valence-corrected chi connectivity index (χ2v) is 5.46. The molecule has 1 aromatic heterocycles. The van der Waals surface area contributed by atoms with Crippen LogP contribution in [0.4, 0.5) is 5.69 Å². The van der Waals surface area contributed by atoms with Crippen molar-refractivity contribution in [2.24, 2.45) is 5.73 Å². The minimum Gasteiger partial charge on any atom is -0.423 e. The van der Waals surface area contributed by atoms with Gasteiger partial charge in [-0.2, -0.15) is 0 Å². The van der Waals surface area contributed by atoms with E-state index in [1.54, 1.807) is 6.07 Å². The zero-order valence-corrected chi connectivity index (χ0v) is 12.9.